The minimum absolute atomic E-state index is 0.201. The fraction of sp³-hybridized carbons (Fsp3) is 0.385. The molecule has 0 aliphatic carbocycles. The van der Waals surface area contributed by atoms with Crippen molar-refractivity contribution in [2.45, 2.75) is 33.0 Å². The number of hydrogen-bond donors (Lipinski definition) is 2. The van der Waals surface area contributed by atoms with Gasteiger partial charge in [0.1, 0.15) is 17.9 Å². The molecule has 0 amide bonds. The number of benzene rings is 1. The predicted molar refractivity (Wildman–Crippen MR) is 69.1 cm³/mol. The molecule has 1 atom stereocenters. The summed E-state index contributed by atoms with van der Waals surface area (Å²) in [4.78, 5) is 0. The zero-order valence-electron chi connectivity index (χ0n) is 10.7. The van der Waals surface area contributed by atoms with Gasteiger partial charge in [-0.15, -0.1) is 10.2 Å². The summed E-state index contributed by atoms with van der Waals surface area (Å²) in [6.45, 7) is 5.70. The number of aromatic nitrogens is 3. The van der Waals surface area contributed by atoms with Gasteiger partial charge >= 0.3 is 0 Å². The van der Waals surface area contributed by atoms with Crippen LogP contribution in [0.2, 0.25) is 0 Å². The first kappa shape index (κ1) is 12.6. The molecule has 0 radical (unpaired) electrons. The zero-order valence-corrected chi connectivity index (χ0v) is 10.7. The SMILES string of the molecule is CCn1cnnc1CNC(C)c1ccc(O)cc1. The standard InChI is InChI=1S/C13H18N4O/c1-3-17-9-15-16-13(17)8-14-10(2)11-4-6-12(18)7-5-11/h4-7,9-10,14,18H,3,8H2,1-2H3. The fourth-order valence-electron chi connectivity index (χ4n) is 1.81. The molecule has 1 aromatic carbocycles. The van der Waals surface area contributed by atoms with Gasteiger partial charge in [-0.2, -0.15) is 0 Å². The summed E-state index contributed by atoms with van der Waals surface area (Å²) < 4.78 is 2.01. The van der Waals surface area contributed by atoms with Gasteiger partial charge in [0, 0.05) is 12.6 Å². The van der Waals surface area contributed by atoms with Crippen molar-refractivity contribution < 1.29 is 5.11 Å². The van der Waals surface area contributed by atoms with Crippen LogP contribution < -0.4 is 5.32 Å². The molecule has 1 heterocycles. The van der Waals surface area contributed by atoms with Gasteiger partial charge in [-0.25, -0.2) is 0 Å². The van der Waals surface area contributed by atoms with Crippen molar-refractivity contribution in [2.24, 2.45) is 0 Å². The van der Waals surface area contributed by atoms with Crippen LogP contribution in [0.1, 0.15) is 31.3 Å². The van der Waals surface area contributed by atoms with E-state index in [1.54, 1.807) is 18.5 Å². The Kier molecular flexibility index (Phi) is 3.94. The highest BCUT2D eigenvalue weighted by molar-refractivity contribution is 5.27. The Morgan fingerprint density at radius 3 is 2.72 bits per heavy atom. The van der Waals surface area contributed by atoms with E-state index in [9.17, 15) is 5.11 Å². The van der Waals surface area contributed by atoms with Crippen LogP contribution in [-0.4, -0.2) is 19.9 Å². The Hall–Kier alpha value is -1.88. The molecule has 0 fully saturated rings. The van der Waals surface area contributed by atoms with Crippen LogP contribution in [0.4, 0.5) is 0 Å². The second kappa shape index (κ2) is 5.64. The predicted octanol–water partition coefficient (Wildman–Crippen LogP) is 1.85. The van der Waals surface area contributed by atoms with Crippen molar-refractivity contribution in [1.82, 2.24) is 20.1 Å². The third-order valence-corrected chi connectivity index (χ3v) is 3.00. The first-order valence-corrected chi connectivity index (χ1v) is 6.09. The Morgan fingerprint density at radius 2 is 2.06 bits per heavy atom. The molecular formula is C13H18N4O. The van der Waals surface area contributed by atoms with Crippen molar-refractivity contribution in [2.75, 3.05) is 0 Å². The maximum atomic E-state index is 9.24. The number of nitrogens with zero attached hydrogens (tertiary/aromatic N) is 3. The lowest BCUT2D eigenvalue weighted by Gasteiger charge is -2.14. The first-order chi connectivity index (χ1) is 8.70. The third-order valence-electron chi connectivity index (χ3n) is 3.00. The quantitative estimate of drug-likeness (QED) is 0.845. The maximum Gasteiger partial charge on any atom is 0.146 e. The van der Waals surface area contributed by atoms with Crippen LogP contribution in [0, 0.1) is 0 Å². The molecule has 2 rings (SSSR count). The van der Waals surface area contributed by atoms with Crippen LogP contribution in [0.15, 0.2) is 30.6 Å². The molecule has 1 aromatic heterocycles. The number of aryl methyl sites for hydroxylation is 1. The van der Waals surface area contributed by atoms with Gasteiger partial charge in [-0.3, -0.25) is 0 Å². The van der Waals surface area contributed by atoms with Crippen LogP contribution in [0.25, 0.3) is 0 Å². The summed E-state index contributed by atoms with van der Waals surface area (Å²) in [7, 11) is 0. The van der Waals surface area contributed by atoms with Gasteiger partial charge in [0.05, 0.1) is 6.54 Å². The maximum absolute atomic E-state index is 9.24. The number of nitrogens with one attached hydrogen (secondary N) is 1. The Balaban J connectivity index is 1.96. The largest absolute Gasteiger partial charge is 0.508 e. The summed E-state index contributed by atoms with van der Waals surface area (Å²) >= 11 is 0. The molecule has 0 saturated heterocycles. The summed E-state index contributed by atoms with van der Waals surface area (Å²) in [6.07, 6.45) is 1.74. The van der Waals surface area contributed by atoms with E-state index in [1.165, 1.54) is 0 Å². The molecule has 0 saturated carbocycles. The van der Waals surface area contributed by atoms with Crippen LogP contribution in [-0.2, 0) is 13.1 Å². The second-order valence-electron chi connectivity index (χ2n) is 4.23. The smallest absolute Gasteiger partial charge is 0.146 e. The first-order valence-electron chi connectivity index (χ1n) is 6.09. The minimum atomic E-state index is 0.201. The average Bonchev–Trinajstić information content (AvgIpc) is 2.84. The number of phenolic OH excluding ortho intramolecular Hbond substituents is 1. The van der Waals surface area contributed by atoms with Crippen molar-refractivity contribution in [3.05, 3.63) is 42.0 Å². The lowest BCUT2D eigenvalue weighted by Crippen LogP contribution is -2.20. The highest BCUT2D eigenvalue weighted by Gasteiger charge is 2.07. The number of rotatable bonds is 5. The van der Waals surface area contributed by atoms with E-state index < -0.39 is 0 Å². The molecule has 2 aromatic rings. The van der Waals surface area contributed by atoms with Crippen molar-refractivity contribution in [3.8, 4) is 5.75 Å². The zero-order chi connectivity index (χ0) is 13.0. The van der Waals surface area contributed by atoms with Crippen LogP contribution in [0.5, 0.6) is 5.75 Å². The van der Waals surface area contributed by atoms with Gasteiger partial charge < -0.3 is 15.0 Å². The third kappa shape index (κ3) is 2.87. The van der Waals surface area contributed by atoms with E-state index in [-0.39, 0.29) is 11.8 Å². The summed E-state index contributed by atoms with van der Waals surface area (Å²) in [5, 5.41) is 20.6. The van der Waals surface area contributed by atoms with Crippen molar-refractivity contribution in [1.29, 1.82) is 0 Å². The summed E-state index contributed by atoms with van der Waals surface area (Å²) in [6, 6.07) is 7.42. The highest BCUT2D eigenvalue weighted by Crippen LogP contribution is 2.16. The fourth-order valence-corrected chi connectivity index (χ4v) is 1.81. The van der Waals surface area contributed by atoms with Gasteiger partial charge in [0.2, 0.25) is 0 Å². The Bertz CT molecular complexity index is 492. The molecule has 2 N–H and O–H groups in total. The highest BCUT2D eigenvalue weighted by atomic mass is 16.3. The van der Waals surface area contributed by atoms with Crippen LogP contribution in [0.3, 0.4) is 0 Å². The Morgan fingerprint density at radius 1 is 1.33 bits per heavy atom. The number of aromatic hydroxyl groups is 1. The minimum Gasteiger partial charge on any atom is -0.508 e. The van der Waals surface area contributed by atoms with E-state index in [0.717, 1.165) is 17.9 Å². The number of phenols is 1. The summed E-state index contributed by atoms with van der Waals surface area (Å²) in [5.74, 6) is 1.22. The van der Waals surface area contributed by atoms with Crippen LogP contribution >= 0.6 is 0 Å². The lowest BCUT2D eigenvalue weighted by molar-refractivity contribution is 0.474. The van der Waals surface area contributed by atoms with Gasteiger partial charge in [-0.1, -0.05) is 12.1 Å². The molecule has 0 aliphatic rings. The molecule has 5 nitrogen and oxygen atoms in total. The van der Waals surface area contributed by atoms with Gasteiger partial charge in [0.15, 0.2) is 0 Å². The average molecular weight is 246 g/mol. The molecule has 1 unspecified atom stereocenters. The van der Waals surface area contributed by atoms with E-state index in [0.29, 0.717) is 6.54 Å². The number of hydrogen-bond acceptors (Lipinski definition) is 4. The molecular weight excluding hydrogens is 228 g/mol. The van der Waals surface area contributed by atoms with E-state index >= 15 is 0 Å². The molecule has 96 valence electrons. The molecule has 0 bridgehead atoms. The van der Waals surface area contributed by atoms with E-state index in [4.69, 9.17) is 0 Å². The monoisotopic (exact) mass is 246 g/mol. The van der Waals surface area contributed by atoms with Gasteiger partial charge in [0.25, 0.3) is 0 Å². The topological polar surface area (TPSA) is 63.0 Å². The second-order valence-corrected chi connectivity index (χ2v) is 4.23. The van der Waals surface area contributed by atoms with Crippen molar-refractivity contribution in [3.63, 3.8) is 0 Å². The molecule has 0 aliphatic heterocycles. The normalized spacial score (nSPS) is 12.6. The van der Waals surface area contributed by atoms with Gasteiger partial charge in [-0.05, 0) is 31.5 Å². The molecule has 18 heavy (non-hydrogen) atoms. The van der Waals surface area contributed by atoms with Crippen molar-refractivity contribution >= 4 is 0 Å². The molecule has 0 spiro atoms. The Labute approximate surface area is 106 Å². The lowest BCUT2D eigenvalue weighted by atomic mass is 10.1. The summed E-state index contributed by atoms with van der Waals surface area (Å²) in [5.41, 5.74) is 1.13. The molecule has 5 heteroatoms. The van der Waals surface area contributed by atoms with E-state index in [1.807, 2.05) is 16.7 Å². The van der Waals surface area contributed by atoms with E-state index in [2.05, 4.69) is 29.4 Å².